The third-order valence-electron chi connectivity index (χ3n) is 3.31. The number of carboxylic acids is 1. The van der Waals surface area contributed by atoms with Crippen molar-refractivity contribution >= 4 is 12.1 Å². The first-order valence-electron chi connectivity index (χ1n) is 7.84. The largest absolute Gasteiger partial charge is 0.508 e. The first kappa shape index (κ1) is 19.8. The number of ether oxygens (including phenoxy) is 1. The van der Waals surface area contributed by atoms with Gasteiger partial charge in [-0.1, -0.05) is 26.8 Å². The summed E-state index contributed by atoms with van der Waals surface area (Å²) in [6.45, 7) is 11.0. The number of phenolic OH excluding ortho intramolecular Hbond substituents is 1. The van der Waals surface area contributed by atoms with E-state index in [9.17, 15) is 19.8 Å². The maximum absolute atomic E-state index is 11.9. The summed E-state index contributed by atoms with van der Waals surface area (Å²) in [4.78, 5) is 23.4. The number of carbonyl (C=O) groups is 2. The van der Waals surface area contributed by atoms with Crippen molar-refractivity contribution in [2.24, 2.45) is 0 Å². The quantitative estimate of drug-likeness (QED) is 0.784. The lowest BCUT2D eigenvalue weighted by molar-refractivity contribution is -0.139. The molecule has 1 atom stereocenters. The van der Waals surface area contributed by atoms with Gasteiger partial charge in [-0.2, -0.15) is 0 Å². The SMILES string of the molecule is CC(C)(C)OC(=O)N[C@@H](Cc1ccc(O)cc1C(C)(C)C)C(=O)O. The summed E-state index contributed by atoms with van der Waals surface area (Å²) < 4.78 is 5.12. The number of nitrogens with one attached hydrogen (secondary N) is 1. The first-order valence-corrected chi connectivity index (χ1v) is 7.84. The Morgan fingerprint density at radius 1 is 1.17 bits per heavy atom. The van der Waals surface area contributed by atoms with E-state index in [4.69, 9.17) is 4.74 Å². The molecule has 0 fully saturated rings. The van der Waals surface area contributed by atoms with Crippen molar-refractivity contribution in [3.05, 3.63) is 29.3 Å². The lowest BCUT2D eigenvalue weighted by atomic mass is 9.82. The number of carbonyl (C=O) groups excluding carboxylic acids is 1. The Kier molecular flexibility index (Phi) is 5.87. The van der Waals surface area contributed by atoms with Crippen molar-refractivity contribution in [2.75, 3.05) is 0 Å². The van der Waals surface area contributed by atoms with E-state index >= 15 is 0 Å². The summed E-state index contributed by atoms with van der Waals surface area (Å²) in [5.74, 6) is -1.02. The monoisotopic (exact) mass is 337 g/mol. The highest BCUT2D eigenvalue weighted by Crippen LogP contribution is 2.30. The van der Waals surface area contributed by atoms with Gasteiger partial charge in [0.05, 0.1) is 0 Å². The first-order chi connectivity index (χ1) is 10.8. The normalized spacial score (nSPS) is 13.2. The van der Waals surface area contributed by atoms with Crippen LogP contribution in [-0.4, -0.2) is 33.9 Å². The van der Waals surface area contributed by atoms with Gasteiger partial charge >= 0.3 is 12.1 Å². The van der Waals surface area contributed by atoms with Crippen LogP contribution in [0.5, 0.6) is 5.75 Å². The van der Waals surface area contributed by atoms with Gasteiger partial charge in [-0.25, -0.2) is 9.59 Å². The molecule has 1 rings (SSSR count). The number of amides is 1. The Labute approximate surface area is 142 Å². The van der Waals surface area contributed by atoms with Crippen molar-refractivity contribution in [3.63, 3.8) is 0 Å². The Bertz CT molecular complexity index is 611. The molecule has 1 aromatic rings. The van der Waals surface area contributed by atoms with Crippen molar-refractivity contribution in [1.29, 1.82) is 0 Å². The van der Waals surface area contributed by atoms with E-state index in [0.29, 0.717) is 0 Å². The number of aromatic hydroxyl groups is 1. The van der Waals surface area contributed by atoms with Gasteiger partial charge < -0.3 is 20.3 Å². The van der Waals surface area contributed by atoms with Crippen LogP contribution in [0.2, 0.25) is 0 Å². The summed E-state index contributed by atoms with van der Waals surface area (Å²) in [6.07, 6.45) is -0.674. The molecule has 0 bridgehead atoms. The molecule has 0 saturated heterocycles. The number of carboxylic acid groups (broad SMARTS) is 1. The number of aliphatic carboxylic acids is 1. The van der Waals surface area contributed by atoms with Gasteiger partial charge in [0.25, 0.3) is 0 Å². The van der Waals surface area contributed by atoms with Gasteiger partial charge in [-0.3, -0.25) is 0 Å². The third-order valence-corrected chi connectivity index (χ3v) is 3.31. The summed E-state index contributed by atoms with van der Waals surface area (Å²) in [6, 6.07) is 3.70. The molecule has 0 saturated carbocycles. The highest BCUT2D eigenvalue weighted by Gasteiger charge is 2.27. The zero-order valence-corrected chi connectivity index (χ0v) is 15.1. The fourth-order valence-electron chi connectivity index (χ4n) is 2.31. The molecule has 0 aromatic heterocycles. The third kappa shape index (κ3) is 6.10. The van der Waals surface area contributed by atoms with Gasteiger partial charge in [0.15, 0.2) is 0 Å². The van der Waals surface area contributed by atoms with Crippen LogP contribution in [0.1, 0.15) is 52.7 Å². The Balaban J connectivity index is 3.02. The maximum atomic E-state index is 11.9. The minimum Gasteiger partial charge on any atom is -0.508 e. The van der Waals surface area contributed by atoms with Crippen molar-refractivity contribution in [1.82, 2.24) is 5.32 Å². The van der Waals surface area contributed by atoms with Crippen LogP contribution in [0.25, 0.3) is 0 Å². The minimum atomic E-state index is -1.14. The van der Waals surface area contributed by atoms with E-state index in [1.54, 1.807) is 32.9 Å². The zero-order valence-electron chi connectivity index (χ0n) is 15.1. The molecule has 0 unspecified atom stereocenters. The molecule has 6 heteroatoms. The smallest absolute Gasteiger partial charge is 0.408 e. The highest BCUT2D eigenvalue weighted by atomic mass is 16.6. The van der Waals surface area contributed by atoms with Gasteiger partial charge in [-0.15, -0.1) is 0 Å². The Morgan fingerprint density at radius 3 is 2.21 bits per heavy atom. The lowest BCUT2D eigenvalue weighted by Gasteiger charge is -2.26. The number of hydrogen-bond donors (Lipinski definition) is 3. The molecule has 0 aliphatic rings. The summed E-state index contributed by atoms with van der Waals surface area (Å²) >= 11 is 0. The molecule has 1 aromatic carbocycles. The number of rotatable bonds is 4. The predicted octanol–water partition coefficient (Wildman–Crippen LogP) is 3.21. The fourth-order valence-corrected chi connectivity index (χ4v) is 2.31. The number of hydrogen-bond acceptors (Lipinski definition) is 4. The standard InChI is InChI=1S/C18H27NO5/c1-17(2,3)13-10-12(20)8-7-11(13)9-14(15(21)22)19-16(23)24-18(4,5)6/h7-8,10,14,20H,9H2,1-6H3,(H,19,23)(H,21,22)/t14-/m0/s1. The molecule has 24 heavy (non-hydrogen) atoms. The zero-order chi connectivity index (χ0) is 18.7. The lowest BCUT2D eigenvalue weighted by Crippen LogP contribution is -2.45. The van der Waals surface area contributed by atoms with Crippen molar-refractivity contribution in [2.45, 2.75) is 65.0 Å². The molecule has 0 spiro atoms. The topological polar surface area (TPSA) is 95.9 Å². The average molecular weight is 337 g/mol. The second-order valence-electron chi connectivity index (χ2n) is 7.83. The Hall–Kier alpha value is -2.24. The maximum Gasteiger partial charge on any atom is 0.408 e. The van der Waals surface area contributed by atoms with Crippen molar-refractivity contribution in [3.8, 4) is 5.75 Å². The van der Waals surface area contributed by atoms with Crippen LogP contribution in [0.4, 0.5) is 4.79 Å². The van der Waals surface area contributed by atoms with E-state index in [0.717, 1.165) is 11.1 Å². The molecule has 0 aliphatic heterocycles. The molecule has 0 radical (unpaired) electrons. The van der Waals surface area contributed by atoms with Crippen LogP contribution in [0.15, 0.2) is 18.2 Å². The average Bonchev–Trinajstić information content (AvgIpc) is 2.36. The van der Waals surface area contributed by atoms with Gasteiger partial charge in [0, 0.05) is 6.42 Å². The van der Waals surface area contributed by atoms with Crippen molar-refractivity contribution < 1.29 is 24.5 Å². The highest BCUT2D eigenvalue weighted by molar-refractivity contribution is 5.80. The van der Waals surface area contributed by atoms with E-state index in [2.05, 4.69) is 5.32 Å². The predicted molar refractivity (Wildman–Crippen MR) is 91.3 cm³/mol. The molecule has 3 N–H and O–H groups in total. The van der Waals surface area contributed by atoms with E-state index in [1.807, 2.05) is 20.8 Å². The second-order valence-corrected chi connectivity index (χ2v) is 7.83. The van der Waals surface area contributed by atoms with E-state index < -0.39 is 23.7 Å². The van der Waals surface area contributed by atoms with Gasteiger partial charge in [0.1, 0.15) is 17.4 Å². The van der Waals surface area contributed by atoms with Gasteiger partial charge in [-0.05, 0) is 49.4 Å². The Morgan fingerprint density at radius 2 is 1.75 bits per heavy atom. The second kappa shape index (κ2) is 7.11. The molecule has 0 heterocycles. The number of benzene rings is 1. The van der Waals surface area contributed by atoms with E-state index in [1.165, 1.54) is 6.07 Å². The van der Waals surface area contributed by atoms with Crippen LogP contribution >= 0.6 is 0 Å². The van der Waals surface area contributed by atoms with Crippen LogP contribution in [-0.2, 0) is 21.4 Å². The minimum absolute atomic E-state index is 0.0987. The summed E-state index contributed by atoms with van der Waals surface area (Å²) in [7, 11) is 0. The molecule has 1 amide bonds. The summed E-state index contributed by atoms with van der Waals surface area (Å²) in [5, 5.41) is 21.5. The van der Waals surface area contributed by atoms with Crippen LogP contribution < -0.4 is 5.32 Å². The number of alkyl carbamates (subject to hydrolysis) is 1. The molecule has 6 nitrogen and oxygen atoms in total. The fraction of sp³-hybridized carbons (Fsp3) is 0.556. The molecular weight excluding hydrogens is 310 g/mol. The number of phenols is 1. The van der Waals surface area contributed by atoms with Gasteiger partial charge in [0.2, 0.25) is 0 Å². The molecule has 134 valence electrons. The molecular formula is C18H27NO5. The summed E-state index contributed by atoms with van der Waals surface area (Å²) in [5.41, 5.74) is 0.606. The van der Waals surface area contributed by atoms with Crippen LogP contribution in [0.3, 0.4) is 0 Å². The van der Waals surface area contributed by atoms with E-state index in [-0.39, 0.29) is 17.6 Å². The van der Waals surface area contributed by atoms with Crippen LogP contribution in [0, 0.1) is 0 Å². The molecule has 0 aliphatic carbocycles.